The number of aryl methyl sites for hydroxylation is 1. The topological polar surface area (TPSA) is 64.6 Å². The summed E-state index contributed by atoms with van der Waals surface area (Å²) >= 11 is 0. The predicted molar refractivity (Wildman–Crippen MR) is 91.1 cm³/mol. The van der Waals surface area contributed by atoms with Gasteiger partial charge in [0.25, 0.3) is 0 Å². The Hall–Kier alpha value is -2.82. The van der Waals surface area contributed by atoms with E-state index in [-0.39, 0.29) is 18.9 Å². The van der Waals surface area contributed by atoms with E-state index in [1.165, 1.54) is 7.11 Å². The molecule has 0 atom stereocenters. The summed E-state index contributed by atoms with van der Waals surface area (Å²) in [6.07, 6.45) is 0.388. The maximum atomic E-state index is 11.9. The van der Waals surface area contributed by atoms with Crippen LogP contribution in [-0.4, -0.2) is 25.5 Å². The number of ether oxygens (including phenoxy) is 2. The van der Waals surface area contributed by atoms with Crippen molar-refractivity contribution in [3.05, 3.63) is 59.7 Å². The maximum absolute atomic E-state index is 11.9. The molecular weight excluding hydrogens is 306 g/mol. The molecule has 0 heterocycles. The van der Waals surface area contributed by atoms with Crippen LogP contribution in [0.1, 0.15) is 17.5 Å². The molecule has 0 radical (unpaired) electrons. The number of carbonyl (C=O) groups is 2. The summed E-state index contributed by atoms with van der Waals surface area (Å²) in [4.78, 5) is 23.7. The molecule has 1 amide bonds. The van der Waals surface area contributed by atoms with Crippen LogP contribution in [0.25, 0.3) is 0 Å². The molecule has 24 heavy (non-hydrogen) atoms. The third-order valence-corrected chi connectivity index (χ3v) is 3.40. The van der Waals surface area contributed by atoms with Crippen molar-refractivity contribution in [3.63, 3.8) is 0 Å². The summed E-state index contributed by atoms with van der Waals surface area (Å²) in [7, 11) is 1.52. The maximum Gasteiger partial charge on any atom is 0.313 e. The first kappa shape index (κ1) is 17.5. The van der Waals surface area contributed by atoms with Crippen molar-refractivity contribution in [1.29, 1.82) is 0 Å². The van der Waals surface area contributed by atoms with Gasteiger partial charge in [0.2, 0.25) is 5.91 Å². The third-order valence-electron chi connectivity index (χ3n) is 3.40. The van der Waals surface area contributed by atoms with Gasteiger partial charge in [-0.15, -0.1) is 0 Å². The first-order chi connectivity index (χ1) is 11.6. The fraction of sp³-hybridized carbons (Fsp3) is 0.263. The van der Waals surface area contributed by atoms with E-state index in [0.717, 1.165) is 11.1 Å². The van der Waals surface area contributed by atoms with Gasteiger partial charge < -0.3 is 14.8 Å². The van der Waals surface area contributed by atoms with E-state index in [9.17, 15) is 9.59 Å². The number of nitrogens with one attached hydrogen (secondary N) is 1. The van der Waals surface area contributed by atoms with E-state index in [1.807, 2.05) is 43.3 Å². The van der Waals surface area contributed by atoms with Crippen LogP contribution in [0.3, 0.4) is 0 Å². The second kappa shape index (κ2) is 8.72. The molecule has 0 saturated carbocycles. The van der Waals surface area contributed by atoms with Gasteiger partial charge in [-0.05, 0) is 30.2 Å². The predicted octanol–water partition coefficient (Wildman–Crippen LogP) is 2.66. The molecule has 2 aromatic rings. The van der Waals surface area contributed by atoms with Crippen LogP contribution < -0.4 is 14.8 Å². The van der Waals surface area contributed by atoms with Crippen LogP contribution in [0.5, 0.6) is 11.5 Å². The lowest BCUT2D eigenvalue weighted by Gasteiger charge is -2.10. The van der Waals surface area contributed by atoms with Crippen LogP contribution >= 0.6 is 0 Å². The van der Waals surface area contributed by atoms with Crippen LogP contribution in [0.2, 0.25) is 0 Å². The van der Waals surface area contributed by atoms with Gasteiger partial charge in [-0.3, -0.25) is 9.59 Å². The summed E-state index contributed by atoms with van der Waals surface area (Å²) in [5.74, 6) is 0.347. The van der Waals surface area contributed by atoms with Gasteiger partial charge in [0.05, 0.1) is 20.0 Å². The van der Waals surface area contributed by atoms with E-state index < -0.39 is 5.97 Å². The van der Waals surface area contributed by atoms with Crippen LogP contribution in [0, 0.1) is 6.92 Å². The molecule has 0 bridgehead atoms. The Bertz CT molecular complexity index is 698. The first-order valence-electron chi connectivity index (χ1n) is 7.74. The molecule has 0 unspecified atom stereocenters. The minimum absolute atomic E-state index is 0.0948. The Balaban J connectivity index is 1.76. The van der Waals surface area contributed by atoms with Crippen molar-refractivity contribution >= 4 is 11.9 Å². The normalized spacial score (nSPS) is 10.1. The average molecular weight is 327 g/mol. The molecule has 5 heteroatoms. The van der Waals surface area contributed by atoms with Gasteiger partial charge in [0.15, 0.2) is 11.5 Å². The Morgan fingerprint density at radius 3 is 2.50 bits per heavy atom. The van der Waals surface area contributed by atoms with E-state index in [4.69, 9.17) is 9.47 Å². The molecule has 0 aliphatic carbocycles. The number of carbonyl (C=O) groups excluding carboxylic acids is 2. The molecule has 2 rings (SSSR count). The number of benzene rings is 2. The lowest BCUT2D eigenvalue weighted by atomic mass is 10.1. The van der Waals surface area contributed by atoms with Gasteiger partial charge in [-0.1, -0.05) is 36.4 Å². The quantitative estimate of drug-likeness (QED) is 0.627. The molecule has 0 aromatic heterocycles. The second-order valence-corrected chi connectivity index (χ2v) is 5.39. The van der Waals surface area contributed by atoms with Crippen LogP contribution in [0.4, 0.5) is 0 Å². The largest absolute Gasteiger partial charge is 0.493 e. The number of esters is 1. The Morgan fingerprint density at radius 2 is 1.79 bits per heavy atom. The lowest BCUT2D eigenvalue weighted by Crippen LogP contribution is -2.28. The van der Waals surface area contributed by atoms with Crippen molar-refractivity contribution in [1.82, 2.24) is 5.32 Å². The minimum atomic E-state index is -0.419. The molecule has 0 spiro atoms. The number of hydrogen-bond acceptors (Lipinski definition) is 4. The summed E-state index contributed by atoms with van der Waals surface area (Å²) in [5, 5.41) is 2.71. The van der Waals surface area contributed by atoms with E-state index in [0.29, 0.717) is 17.9 Å². The summed E-state index contributed by atoms with van der Waals surface area (Å²) in [6, 6.07) is 14.8. The van der Waals surface area contributed by atoms with Crippen molar-refractivity contribution < 1.29 is 19.1 Å². The Labute approximate surface area is 141 Å². The average Bonchev–Trinajstić information content (AvgIpc) is 2.57. The smallest absolute Gasteiger partial charge is 0.313 e. The Morgan fingerprint density at radius 1 is 1.04 bits per heavy atom. The second-order valence-electron chi connectivity index (χ2n) is 5.39. The number of methoxy groups -OCH3 is 1. The summed E-state index contributed by atoms with van der Waals surface area (Å²) in [6.45, 7) is 2.16. The molecule has 0 fully saturated rings. The van der Waals surface area contributed by atoms with Gasteiger partial charge in [0, 0.05) is 6.54 Å². The number of hydrogen-bond donors (Lipinski definition) is 1. The standard InChI is InChI=1S/C19H21NO4/c1-14-8-9-16(17(12-14)23-2)24-19(22)10-11-20-18(21)13-15-6-4-3-5-7-15/h3-9,12H,10-11,13H2,1-2H3,(H,20,21). The highest BCUT2D eigenvalue weighted by Crippen LogP contribution is 2.27. The molecule has 0 aliphatic heterocycles. The van der Waals surface area contributed by atoms with Crippen molar-refractivity contribution in [2.45, 2.75) is 19.8 Å². The highest BCUT2D eigenvalue weighted by atomic mass is 16.6. The summed E-state index contributed by atoms with van der Waals surface area (Å²) < 4.78 is 10.5. The van der Waals surface area contributed by atoms with E-state index in [2.05, 4.69) is 5.32 Å². The van der Waals surface area contributed by atoms with Crippen LogP contribution in [0.15, 0.2) is 48.5 Å². The zero-order valence-electron chi connectivity index (χ0n) is 13.9. The monoisotopic (exact) mass is 327 g/mol. The summed E-state index contributed by atoms with van der Waals surface area (Å²) in [5.41, 5.74) is 1.95. The fourth-order valence-corrected chi connectivity index (χ4v) is 2.18. The first-order valence-corrected chi connectivity index (χ1v) is 7.74. The molecule has 126 valence electrons. The molecule has 2 aromatic carbocycles. The number of amides is 1. The van der Waals surface area contributed by atoms with E-state index >= 15 is 0 Å². The third kappa shape index (κ3) is 5.43. The molecule has 5 nitrogen and oxygen atoms in total. The zero-order chi connectivity index (χ0) is 17.4. The van der Waals surface area contributed by atoms with Gasteiger partial charge >= 0.3 is 5.97 Å². The van der Waals surface area contributed by atoms with Gasteiger partial charge in [-0.2, -0.15) is 0 Å². The van der Waals surface area contributed by atoms with Gasteiger partial charge in [0.1, 0.15) is 0 Å². The zero-order valence-corrected chi connectivity index (χ0v) is 13.9. The van der Waals surface area contributed by atoms with Crippen molar-refractivity contribution in [2.24, 2.45) is 0 Å². The Kier molecular flexibility index (Phi) is 6.37. The molecule has 0 saturated heterocycles. The van der Waals surface area contributed by atoms with Crippen molar-refractivity contribution in [2.75, 3.05) is 13.7 Å². The molecule has 1 N–H and O–H groups in total. The van der Waals surface area contributed by atoms with Gasteiger partial charge in [-0.25, -0.2) is 0 Å². The van der Waals surface area contributed by atoms with Crippen molar-refractivity contribution in [3.8, 4) is 11.5 Å². The SMILES string of the molecule is COc1cc(C)ccc1OC(=O)CCNC(=O)Cc1ccccc1. The molecule has 0 aliphatic rings. The highest BCUT2D eigenvalue weighted by molar-refractivity contribution is 5.79. The van der Waals surface area contributed by atoms with E-state index in [1.54, 1.807) is 12.1 Å². The highest BCUT2D eigenvalue weighted by Gasteiger charge is 2.11. The minimum Gasteiger partial charge on any atom is -0.493 e. The lowest BCUT2D eigenvalue weighted by molar-refractivity contribution is -0.134. The number of rotatable bonds is 7. The molecular formula is C19H21NO4. The van der Waals surface area contributed by atoms with Crippen LogP contribution in [-0.2, 0) is 16.0 Å². The fourth-order valence-electron chi connectivity index (χ4n) is 2.18.